The number of aromatic carboxylic acids is 1. The van der Waals surface area contributed by atoms with Gasteiger partial charge in [-0.2, -0.15) is 0 Å². The first-order valence-electron chi connectivity index (χ1n) is 9.17. The van der Waals surface area contributed by atoms with Crippen LogP contribution in [0.25, 0.3) is 0 Å². The van der Waals surface area contributed by atoms with Crippen LogP contribution in [0.2, 0.25) is 0 Å². The quantitative estimate of drug-likeness (QED) is 0.551. The van der Waals surface area contributed by atoms with Crippen LogP contribution in [0.15, 0.2) is 55.6 Å². The molecular formula is C23H24NNaO4. The van der Waals surface area contributed by atoms with E-state index in [1.54, 1.807) is 29.2 Å². The fourth-order valence-corrected chi connectivity index (χ4v) is 3.62. The average molecular weight is 401 g/mol. The summed E-state index contributed by atoms with van der Waals surface area (Å²) in [5.41, 5.74) is 4.35. The molecule has 0 saturated carbocycles. The number of fused-ring (bicyclic) bond motifs is 1. The van der Waals surface area contributed by atoms with Crippen LogP contribution < -0.4 is 4.90 Å². The first-order chi connectivity index (χ1) is 13.5. The van der Waals surface area contributed by atoms with Crippen LogP contribution in [-0.4, -0.2) is 51.6 Å². The molecule has 1 aliphatic heterocycles. The number of hydrogen-bond acceptors (Lipinski definition) is 3. The average Bonchev–Trinajstić information content (AvgIpc) is 2.68. The number of phenols is 1. The molecule has 0 aliphatic carbocycles. The van der Waals surface area contributed by atoms with Gasteiger partial charge in [-0.3, -0.25) is 4.79 Å². The predicted octanol–water partition coefficient (Wildman–Crippen LogP) is 3.38. The minimum absolute atomic E-state index is 0. The summed E-state index contributed by atoms with van der Waals surface area (Å²) in [5.74, 6) is -0.724. The van der Waals surface area contributed by atoms with Gasteiger partial charge >= 0.3 is 35.5 Å². The van der Waals surface area contributed by atoms with E-state index >= 15 is 0 Å². The van der Waals surface area contributed by atoms with Crippen molar-refractivity contribution in [2.75, 3.05) is 4.90 Å². The van der Waals surface area contributed by atoms with Gasteiger partial charge < -0.3 is 15.1 Å². The molecule has 2 N–H and O–H groups in total. The molecule has 0 bridgehead atoms. The molecule has 0 spiro atoms. The summed E-state index contributed by atoms with van der Waals surface area (Å²) in [6, 6.07) is 8.38. The van der Waals surface area contributed by atoms with E-state index in [-0.39, 0.29) is 46.8 Å². The SMILES string of the molecule is C=CCc1cc2c(c(CC=C)c1O)CCC(=O)N2Cc1ccc(C(=O)O)cc1.[NaH]. The van der Waals surface area contributed by atoms with Gasteiger partial charge in [-0.15, -0.1) is 13.2 Å². The number of hydrogen-bond donors (Lipinski definition) is 2. The zero-order chi connectivity index (χ0) is 20.3. The summed E-state index contributed by atoms with van der Waals surface area (Å²) in [5, 5.41) is 19.7. The van der Waals surface area contributed by atoms with Gasteiger partial charge in [0.25, 0.3) is 0 Å². The molecule has 0 fully saturated rings. The van der Waals surface area contributed by atoms with E-state index in [1.807, 2.05) is 6.07 Å². The van der Waals surface area contributed by atoms with Gasteiger partial charge in [-0.25, -0.2) is 4.79 Å². The topological polar surface area (TPSA) is 77.8 Å². The maximum absolute atomic E-state index is 12.7. The predicted molar refractivity (Wildman–Crippen MR) is 116 cm³/mol. The van der Waals surface area contributed by atoms with E-state index in [4.69, 9.17) is 5.11 Å². The van der Waals surface area contributed by atoms with Gasteiger partial charge in [-0.1, -0.05) is 24.3 Å². The second-order valence-electron chi connectivity index (χ2n) is 6.83. The fourth-order valence-electron chi connectivity index (χ4n) is 3.62. The number of benzene rings is 2. The van der Waals surface area contributed by atoms with Crippen molar-refractivity contribution in [3.63, 3.8) is 0 Å². The van der Waals surface area contributed by atoms with Crippen LogP contribution >= 0.6 is 0 Å². The number of allylic oxidation sites excluding steroid dienone is 2. The van der Waals surface area contributed by atoms with Crippen LogP contribution in [0.1, 0.15) is 39.0 Å². The molecule has 1 heterocycles. The molecule has 6 heteroatoms. The van der Waals surface area contributed by atoms with Crippen molar-refractivity contribution in [2.24, 2.45) is 0 Å². The summed E-state index contributed by atoms with van der Waals surface area (Å²) < 4.78 is 0. The van der Waals surface area contributed by atoms with Gasteiger partial charge in [0.1, 0.15) is 5.75 Å². The first kappa shape index (κ1) is 22.9. The van der Waals surface area contributed by atoms with E-state index in [9.17, 15) is 14.7 Å². The van der Waals surface area contributed by atoms with E-state index in [0.717, 1.165) is 27.9 Å². The molecular weight excluding hydrogens is 377 g/mol. The number of phenolic OH excluding ortho intramolecular Hbond substituents is 1. The van der Waals surface area contributed by atoms with Crippen molar-refractivity contribution >= 4 is 47.1 Å². The third kappa shape index (κ3) is 4.81. The summed E-state index contributed by atoms with van der Waals surface area (Å²) in [6.07, 6.45) is 5.43. The van der Waals surface area contributed by atoms with Crippen molar-refractivity contribution in [1.82, 2.24) is 0 Å². The number of amides is 1. The zero-order valence-electron chi connectivity index (χ0n) is 15.6. The van der Waals surface area contributed by atoms with Crippen molar-refractivity contribution in [2.45, 2.75) is 32.2 Å². The van der Waals surface area contributed by atoms with Crippen molar-refractivity contribution in [3.05, 3.63) is 83.5 Å². The number of aromatic hydroxyl groups is 1. The number of carbonyl (C=O) groups excluding carboxylic acids is 1. The number of rotatable bonds is 7. The molecule has 0 atom stereocenters. The van der Waals surface area contributed by atoms with Crippen LogP contribution in [0.5, 0.6) is 5.75 Å². The number of anilines is 1. The number of carboxylic acid groups (broad SMARTS) is 1. The summed E-state index contributed by atoms with van der Waals surface area (Å²) >= 11 is 0. The Morgan fingerprint density at radius 1 is 1.10 bits per heavy atom. The molecule has 3 rings (SSSR count). The Morgan fingerprint density at radius 2 is 1.76 bits per heavy atom. The Labute approximate surface area is 192 Å². The number of carboxylic acids is 1. The molecule has 1 amide bonds. The van der Waals surface area contributed by atoms with Crippen molar-refractivity contribution < 1.29 is 19.8 Å². The van der Waals surface area contributed by atoms with Crippen LogP contribution in [0.4, 0.5) is 5.69 Å². The minimum atomic E-state index is -0.982. The molecule has 0 unspecified atom stereocenters. The molecule has 2 aromatic rings. The normalized spacial score (nSPS) is 12.7. The summed E-state index contributed by atoms with van der Waals surface area (Å²) in [6.45, 7) is 7.88. The molecule has 5 nitrogen and oxygen atoms in total. The third-order valence-corrected chi connectivity index (χ3v) is 5.01. The fraction of sp³-hybridized carbons (Fsp3) is 0.217. The molecule has 1 aliphatic rings. The Kier molecular flexibility index (Phi) is 7.85. The summed E-state index contributed by atoms with van der Waals surface area (Å²) in [4.78, 5) is 25.4. The maximum atomic E-state index is 12.7. The van der Waals surface area contributed by atoms with Crippen LogP contribution in [-0.2, 0) is 30.6 Å². The molecule has 29 heavy (non-hydrogen) atoms. The van der Waals surface area contributed by atoms with E-state index in [1.165, 1.54) is 12.1 Å². The van der Waals surface area contributed by atoms with Crippen molar-refractivity contribution in [3.8, 4) is 5.75 Å². The van der Waals surface area contributed by atoms with E-state index < -0.39 is 5.97 Å². The van der Waals surface area contributed by atoms with E-state index in [2.05, 4.69) is 13.2 Å². The molecule has 2 aromatic carbocycles. The number of carbonyl (C=O) groups is 2. The van der Waals surface area contributed by atoms with Crippen molar-refractivity contribution in [1.29, 1.82) is 0 Å². The Balaban J connectivity index is 0.00000300. The molecule has 146 valence electrons. The third-order valence-electron chi connectivity index (χ3n) is 5.01. The Bertz CT molecular complexity index is 950. The van der Waals surface area contributed by atoms with Gasteiger partial charge in [0.05, 0.1) is 12.1 Å². The van der Waals surface area contributed by atoms with Gasteiger partial charge in [0.15, 0.2) is 0 Å². The first-order valence-corrected chi connectivity index (χ1v) is 9.17. The molecule has 0 radical (unpaired) electrons. The van der Waals surface area contributed by atoms with Crippen LogP contribution in [0, 0.1) is 0 Å². The molecule has 0 aromatic heterocycles. The number of nitrogens with zero attached hydrogens (tertiary/aromatic N) is 1. The van der Waals surface area contributed by atoms with Gasteiger partial charge in [0.2, 0.25) is 5.91 Å². The standard InChI is InChI=1S/C23H23NO4.Na.H/c1-3-5-17-13-20-18(19(6-4-2)22(17)26)11-12-21(25)24(20)14-15-7-9-16(10-8-15)23(27)28;;/h3-4,7-10,13,26H,1-2,5-6,11-12,14H2,(H,27,28);;. The second kappa shape index (κ2) is 9.92. The van der Waals surface area contributed by atoms with E-state index in [0.29, 0.717) is 32.2 Å². The van der Waals surface area contributed by atoms with Gasteiger partial charge in [0, 0.05) is 17.7 Å². The summed E-state index contributed by atoms with van der Waals surface area (Å²) in [7, 11) is 0. The Hall–Kier alpha value is -2.34. The second-order valence-corrected chi connectivity index (χ2v) is 6.83. The van der Waals surface area contributed by atoms with Crippen LogP contribution in [0.3, 0.4) is 0 Å². The van der Waals surface area contributed by atoms with Gasteiger partial charge in [-0.05, 0) is 54.2 Å². The Morgan fingerprint density at radius 3 is 2.34 bits per heavy atom. The zero-order valence-corrected chi connectivity index (χ0v) is 15.6. The molecule has 0 saturated heterocycles. The monoisotopic (exact) mass is 401 g/mol.